The lowest BCUT2D eigenvalue weighted by atomic mass is 10.1. The number of rotatable bonds is 6. The van der Waals surface area contributed by atoms with Crippen LogP contribution in [-0.4, -0.2) is 28.4 Å². The van der Waals surface area contributed by atoms with Gasteiger partial charge in [0.1, 0.15) is 6.04 Å². The first-order chi connectivity index (χ1) is 8.51. The normalized spacial score (nSPS) is 12.5. The molecular formula is C13H23N3O2. The van der Waals surface area contributed by atoms with Gasteiger partial charge in [-0.3, -0.25) is 9.48 Å². The van der Waals surface area contributed by atoms with Gasteiger partial charge in [-0.25, -0.2) is 0 Å². The fraction of sp³-hybridized carbons (Fsp3) is 0.692. The molecule has 0 aliphatic carbocycles. The molecule has 1 aromatic heterocycles. The van der Waals surface area contributed by atoms with Crippen LogP contribution in [0.1, 0.15) is 37.2 Å². The number of hydrogen-bond acceptors (Lipinski definition) is 4. The molecule has 102 valence electrons. The maximum atomic E-state index is 11.4. The number of nitrogens with zero attached hydrogens (tertiary/aromatic N) is 2. The van der Waals surface area contributed by atoms with Gasteiger partial charge in [0.15, 0.2) is 0 Å². The van der Waals surface area contributed by atoms with Crippen LogP contribution in [0.3, 0.4) is 0 Å². The molecule has 0 fully saturated rings. The Hall–Kier alpha value is -1.36. The number of esters is 1. The lowest BCUT2D eigenvalue weighted by Gasteiger charge is -2.11. The molecule has 1 aromatic rings. The van der Waals surface area contributed by atoms with Crippen LogP contribution in [0.5, 0.6) is 0 Å². The summed E-state index contributed by atoms with van der Waals surface area (Å²) in [6.07, 6.45) is 1.52. The van der Waals surface area contributed by atoms with Gasteiger partial charge in [0.05, 0.1) is 12.3 Å². The monoisotopic (exact) mass is 253 g/mol. The second-order valence-corrected chi connectivity index (χ2v) is 4.37. The summed E-state index contributed by atoms with van der Waals surface area (Å²) in [7, 11) is 0. The summed E-state index contributed by atoms with van der Waals surface area (Å²) in [5, 5.41) is 4.47. The Morgan fingerprint density at radius 3 is 2.61 bits per heavy atom. The molecule has 0 radical (unpaired) electrons. The van der Waals surface area contributed by atoms with Gasteiger partial charge in [0, 0.05) is 12.2 Å². The van der Waals surface area contributed by atoms with Crippen LogP contribution in [0.4, 0.5) is 0 Å². The molecule has 1 rings (SSSR count). The minimum absolute atomic E-state index is 0.338. The van der Waals surface area contributed by atoms with E-state index in [2.05, 4.69) is 18.9 Å². The highest BCUT2D eigenvalue weighted by molar-refractivity contribution is 5.75. The van der Waals surface area contributed by atoms with Crippen molar-refractivity contribution in [3.63, 3.8) is 0 Å². The SMILES string of the molecule is CCOC(=O)C(N)CCn1nc(C)c(CC)c1C. The molecule has 0 saturated heterocycles. The third-order valence-corrected chi connectivity index (χ3v) is 3.13. The van der Waals surface area contributed by atoms with E-state index in [1.807, 2.05) is 11.6 Å². The van der Waals surface area contributed by atoms with Gasteiger partial charge < -0.3 is 10.5 Å². The molecule has 5 heteroatoms. The van der Waals surface area contributed by atoms with Gasteiger partial charge in [0.25, 0.3) is 0 Å². The number of nitrogens with two attached hydrogens (primary N) is 1. The van der Waals surface area contributed by atoms with E-state index in [1.165, 1.54) is 5.56 Å². The van der Waals surface area contributed by atoms with Crippen molar-refractivity contribution in [2.45, 2.75) is 53.1 Å². The summed E-state index contributed by atoms with van der Waals surface area (Å²) in [6, 6.07) is -0.570. The molecule has 1 heterocycles. The molecule has 0 aliphatic heterocycles. The van der Waals surface area contributed by atoms with Crippen LogP contribution in [0.25, 0.3) is 0 Å². The molecule has 5 nitrogen and oxygen atoms in total. The van der Waals surface area contributed by atoms with Crippen molar-refractivity contribution in [1.82, 2.24) is 9.78 Å². The smallest absolute Gasteiger partial charge is 0.322 e. The highest BCUT2D eigenvalue weighted by Gasteiger charge is 2.16. The second kappa shape index (κ2) is 6.54. The van der Waals surface area contributed by atoms with Crippen molar-refractivity contribution < 1.29 is 9.53 Å². The Labute approximate surface area is 108 Å². The largest absolute Gasteiger partial charge is 0.465 e. The molecule has 1 unspecified atom stereocenters. The standard InChI is InChI=1S/C13H23N3O2/c1-5-11-9(3)15-16(10(11)4)8-7-12(14)13(17)18-6-2/h12H,5-8,14H2,1-4H3. The molecule has 0 saturated carbocycles. The van der Waals surface area contributed by atoms with Gasteiger partial charge in [-0.1, -0.05) is 6.92 Å². The predicted molar refractivity (Wildman–Crippen MR) is 70.3 cm³/mol. The van der Waals surface area contributed by atoms with Gasteiger partial charge in [-0.2, -0.15) is 5.10 Å². The van der Waals surface area contributed by atoms with Gasteiger partial charge >= 0.3 is 5.97 Å². The zero-order valence-corrected chi connectivity index (χ0v) is 11.7. The molecule has 0 aromatic carbocycles. The Bertz CT molecular complexity index is 413. The fourth-order valence-electron chi connectivity index (χ4n) is 2.09. The van der Waals surface area contributed by atoms with E-state index in [-0.39, 0.29) is 5.97 Å². The maximum absolute atomic E-state index is 11.4. The van der Waals surface area contributed by atoms with Gasteiger partial charge in [-0.05, 0) is 39.2 Å². The van der Waals surface area contributed by atoms with E-state index in [9.17, 15) is 4.79 Å². The molecule has 0 aliphatic rings. The van der Waals surface area contributed by atoms with Crippen molar-refractivity contribution in [2.75, 3.05) is 6.61 Å². The average Bonchev–Trinajstić information content (AvgIpc) is 2.61. The summed E-state index contributed by atoms with van der Waals surface area (Å²) in [6.45, 7) is 8.96. The molecule has 2 N–H and O–H groups in total. The fourth-order valence-corrected chi connectivity index (χ4v) is 2.09. The maximum Gasteiger partial charge on any atom is 0.322 e. The summed E-state index contributed by atoms with van der Waals surface area (Å²) in [5.74, 6) is -0.338. The van der Waals surface area contributed by atoms with E-state index in [1.54, 1.807) is 6.92 Å². The molecule has 0 spiro atoms. The summed E-state index contributed by atoms with van der Waals surface area (Å²) in [4.78, 5) is 11.4. The van der Waals surface area contributed by atoms with Crippen molar-refractivity contribution in [3.05, 3.63) is 17.0 Å². The average molecular weight is 253 g/mol. The zero-order valence-electron chi connectivity index (χ0n) is 11.7. The van der Waals surface area contributed by atoms with Crippen molar-refractivity contribution in [2.24, 2.45) is 5.73 Å². The Kier molecular flexibility index (Phi) is 5.34. The minimum atomic E-state index is -0.570. The van der Waals surface area contributed by atoms with E-state index < -0.39 is 6.04 Å². The summed E-state index contributed by atoms with van der Waals surface area (Å²) >= 11 is 0. The molecule has 18 heavy (non-hydrogen) atoms. The highest BCUT2D eigenvalue weighted by Crippen LogP contribution is 2.14. The van der Waals surface area contributed by atoms with Crippen molar-refractivity contribution >= 4 is 5.97 Å². The second-order valence-electron chi connectivity index (χ2n) is 4.37. The zero-order chi connectivity index (χ0) is 13.7. The Morgan fingerprint density at radius 1 is 1.44 bits per heavy atom. The Balaban J connectivity index is 2.61. The van der Waals surface area contributed by atoms with Crippen molar-refractivity contribution in [1.29, 1.82) is 0 Å². The molecule has 0 amide bonds. The van der Waals surface area contributed by atoms with Crippen LogP contribution in [0.2, 0.25) is 0 Å². The van der Waals surface area contributed by atoms with Crippen LogP contribution in [0.15, 0.2) is 0 Å². The third-order valence-electron chi connectivity index (χ3n) is 3.13. The molecule has 0 bridgehead atoms. The Morgan fingerprint density at radius 2 is 2.11 bits per heavy atom. The van der Waals surface area contributed by atoms with E-state index >= 15 is 0 Å². The summed E-state index contributed by atoms with van der Waals surface area (Å²) in [5.41, 5.74) is 9.25. The predicted octanol–water partition coefficient (Wildman–Crippen LogP) is 1.34. The first-order valence-corrected chi connectivity index (χ1v) is 6.46. The number of aryl methyl sites for hydroxylation is 2. The van der Waals surface area contributed by atoms with Crippen molar-refractivity contribution in [3.8, 4) is 0 Å². The quantitative estimate of drug-likeness (QED) is 0.777. The van der Waals surface area contributed by atoms with Crippen LogP contribution in [-0.2, 0) is 22.5 Å². The number of carbonyl (C=O) groups excluding carboxylic acids is 1. The van der Waals surface area contributed by atoms with E-state index in [0.717, 1.165) is 17.8 Å². The van der Waals surface area contributed by atoms with E-state index in [0.29, 0.717) is 19.6 Å². The van der Waals surface area contributed by atoms with E-state index in [4.69, 9.17) is 10.5 Å². The number of carbonyl (C=O) groups is 1. The lowest BCUT2D eigenvalue weighted by Crippen LogP contribution is -2.33. The summed E-state index contributed by atoms with van der Waals surface area (Å²) < 4.78 is 6.80. The number of hydrogen-bond donors (Lipinski definition) is 1. The number of aromatic nitrogens is 2. The first kappa shape index (κ1) is 14.7. The number of ether oxygens (including phenoxy) is 1. The lowest BCUT2D eigenvalue weighted by molar-refractivity contribution is -0.144. The van der Waals surface area contributed by atoms with Gasteiger partial charge in [0.2, 0.25) is 0 Å². The van der Waals surface area contributed by atoms with Gasteiger partial charge in [-0.15, -0.1) is 0 Å². The molecule has 1 atom stereocenters. The highest BCUT2D eigenvalue weighted by atomic mass is 16.5. The van der Waals surface area contributed by atoms with Crippen LogP contribution < -0.4 is 5.73 Å². The minimum Gasteiger partial charge on any atom is -0.465 e. The topological polar surface area (TPSA) is 70.1 Å². The van der Waals surface area contributed by atoms with Crippen LogP contribution >= 0.6 is 0 Å². The van der Waals surface area contributed by atoms with Crippen LogP contribution in [0, 0.1) is 13.8 Å². The third kappa shape index (κ3) is 3.32. The molecular weight excluding hydrogens is 230 g/mol. The first-order valence-electron chi connectivity index (χ1n) is 6.46.